The van der Waals surface area contributed by atoms with Gasteiger partial charge in [0.05, 0.1) is 11.8 Å². The van der Waals surface area contributed by atoms with Crippen LogP contribution in [-0.4, -0.2) is 18.7 Å². The van der Waals surface area contributed by atoms with E-state index in [0.717, 1.165) is 23.9 Å². The summed E-state index contributed by atoms with van der Waals surface area (Å²) >= 11 is 5.82. The van der Waals surface area contributed by atoms with Crippen LogP contribution in [0.15, 0.2) is 41.5 Å². The predicted molar refractivity (Wildman–Crippen MR) is 83.8 cm³/mol. The fourth-order valence-corrected chi connectivity index (χ4v) is 1.98. The molecule has 0 unspecified atom stereocenters. The van der Waals surface area contributed by atoms with Gasteiger partial charge in [-0.1, -0.05) is 17.7 Å². The number of carbonyl (C=O) groups is 1. The number of hydrazone groups is 1. The van der Waals surface area contributed by atoms with Crippen molar-refractivity contribution in [3.05, 3.63) is 64.2 Å². The average molecular weight is 339 g/mol. The molecule has 7 heteroatoms. The first kappa shape index (κ1) is 16.9. The van der Waals surface area contributed by atoms with Crippen molar-refractivity contribution in [1.29, 1.82) is 0 Å². The van der Waals surface area contributed by atoms with Crippen LogP contribution >= 0.6 is 11.6 Å². The summed E-state index contributed by atoms with van der Waals surface area (Å²) in [4.78, 5) is 11.6. The molecule has 0 atom stereocenters. The summed E-state index contributed by atoms with van der Waals surface area (Å²) in [7, 11) is 0. The van der Waals surface area contributed by atoms with Crippen molar-refractivity contribution in [2.45, 2.75) is 6.92 Å². The summed E-state index contributed by atoms with van der Waals surface area (Å²) < 4.78 is 32.0. The van der Waals surface area contributed by atoms with E-state index in [1.807, 2.05) is 0 Å². The topological polar surface area (TPSA) is 50.7 Å². The van der Waals surface area contributed by atoms with E-state index in [4.69, 9.17) is 16.3 Å². The first-order chi connectivity index (χ1) is 11.0. The molecule has 0 aromatic heterocycles. The Hall–Kier alpha value is -2.47. The third kappa shape index (κ3) is 4.75. The molecular formula is C16H13ClF2N2O2. The molecule has 1 amide bonds. The number of carbonyl (C=O) groups excluding carboxylic acids is 1. The minimum Gasteiger partial charge on any atom is -0.483 e. The van der Waals surface area contributed by atoms with Gasteiger partial charge in [-0.3, -0.25) is 4.79 Å². The molecule has 120 valence electrons. The summed E-state index contributed by atoms with van der Waals surface area (Å²) in [6, 6.07) is 8.41. The molecule has 2 rings (SSSR count). The van der Waals surface area contributed by atoms with Gasteiger partial charge in [0.1, 0.15) is 17.4 Å². The van der Waals surface area contributed by atoms with E-state index in [1.54, 1.807) is 25.1 Å². The second kappa shape index (κ2) is 7.69. The number of benzene rings is 2. The molecule has 0 aliphatic rings. The van der Waals surface area contributed by atoms with Crippen molar-refractivity contribution in [1.82, 2.24) is 5.43 Å². The van der Waals surface area contributed by atoms with Gasteiger partial charge in [-0.15, -0.1) is 0 Å². The standard InChI is InChI=1S/C16H13ClF2N2O2/c1-10-7-11(17)5-6-15(10)23-9-16(22)21-20-8-12-13(18)3-2-4-14(12)19/h2-8H,9H2,1H3,(H,21,22)/b20-8-. The Morgan fingerprint density at radius 2 is 2.00 bits per heavy atom. The monoisotopic (exact) mass is 338 g/mol. The van der Waals surface area contributed by atoms with Crippen LogP contribution in [0.4, 0.5) is 8.78 Å². The van der Waals surface area contributed by atoms with Gasteiger partial charge >= 0.3 is 0 Å². The van der Waals surface area contributed by atoms with Gasteiger partial charge < -0.3 is 4.74 Å². The van der Waals surface area contributed by atoms with E-state index in [2.05, 4.69) is 10.5 Å². The van der Waals surface area contributed by atoms with Crippen LogP contribution in [0.3, 0.4) is 0 Å². The molecule has 0 radical (unpaired) electrons. The fraction of sp³-hybridized carbons (Fsp3) is 0.125. The van der Waals surface area contributed by atoms with Crippen molar-refractivity contribution in [3.63, 3.8) is 0 Å². The number of rotatable bonds is 5. The number of nitrogens with zero attached hydrogens (tertiary/aromatic N) is 1. The lowest BCUT2D eigenvalue weighted by atomic mass is 10.2. The van der Waals surface area contributed by atoms with E-state index >= 15 is 0 Å². The third-order valence-electron chi connectivity index (χ3n) is 2.88. The van der Waals surface area contributed by atoms with Gasteiger partial charge in [-0.2, -0.15) is 5.10 Å². The molecule has 0 heterocycles. The zero-order valence-corrected chi connectivity index (χ0v) is 12.9. The number of amides is 1. The van der Waals surface area contributed by atoms with Crippen molar-refractivity contribution in [2.75, 3.05) is 6.61 Å². The fourth-order valence-electron chi connectivity index (χ4n) is 1.75. The molecule has 2 aromatic carbocycles. The minimum absolute atomic E-state index is 0.292. The largest absolute Gasteiger partial charge is 0.483 e. The SMILES string of the molecule is Cc1cc(Cl)ccc1OCC(=O)N/N=C\c1c(F)cccc1F. The van der Waals surface area contributed by atoms with Gasteiger partial charge in [0.25, 0.3) is 5.91 Å². The van der Waals surface area contributed by atoms with Crippen LogP contribution in [0.2, 0.25) is 5.02 Å². The van der Waals surface area contributed by atoms with Crippen LogP contribution < -0.4 is 10.2 Å². The molecule has 0 bridgehead atoms. The summed E-state index contributed by atoms with van der Waals surface area (Å²) in [5.41, 5.74) is 2.58. The highest BCUT2D eigenvalue weighted by atomic mass is 35.5. The van der Waals surface area contributed by atoms with Gasteiger partial charge in [-0.25, -0.2) is 14.2 Å². The molecule has 0 fully saturated rings. The normalized spacial score (nSPS) is 10.8. The number of ether oxygens (including phenoxy) is 1. The lowest BCUT2D eigenvalue weighted by molar-refractivity contribution is -0.123. The Morgan fingerprint density at radius 3 is 2.65 bits per heavy atom. The average Bonchev–Trinajstić information content (AvgIpc) is 2.49. The Labute approximate surface area is 136 Å². The first-order valence-corrected chi connectivity index (χ1v) is 7.00. The van der Waals surface area contributed by atoms with Crippen molar-refractivity contribution in [3.8, 4) is 5.75 Å². The Morgan fingerprint density at radius 1 is 1.30 bits per heavy atom. The second-order valence-corrected chi connectivity index (χ2v) is 5.06. The van der Waals surface area contributed by atoms with Gasteiger partial charge in [0.15, 0.2) is 6.61 Å². The van der Waals surface area contributed by atoms with Crippen molar-refractivity contribution < 1.29 is 18.3 Å². The van der Waals surface area contributed by atoms with Crippen LogP contribution in [0.25, 0.3) is 0 Å². The predicted octanol–water partition coefficient (Wildman–Crippen LogP) is 3.46. The van der Waals surface area contributed by atoms with Crippen LogP contribution in [0.5, 0.6) is 5.75 Å². The quantitative estimate of drug-likeness (QED) is 0.670. The molecule has 2 aromatic rings. The highest BCUT2D eigenvalue weighted by Crippen LogP contribution is 2.21. The first-order valence-electron chi connectivity index (χ1n) is 6.62. The van der Waals surface area contributed by atoms with Crippen LogP contribution in [-0.2, 0) is 4.79 Å². The third-order valence-corrected chi connectivity index (χ3v) is 3.11. The van der Waals surface area contributed by atoms with Gasteiger partial charge in [0, 0.05) is 5.02 Å². The minimum atomic E-state index is -0.768. The molecule has 0 aliphatic carbocycles. The molecule has 0 saturated carbocycles. The van der Waals surface area contributed by atoms with E-state index in [1.165, 1.54) is 6.07 Å². The van der Waals surface area contributed by atoms with Crippen LogP contribution in [0, 0.1) is 18.6 Å². The molecule has 0 saturated heterocycles. The number of nitrogens with one attached hydrogen (secondary N) is 1. The number of hydrogen-bond donors (Lipinski definition) is 1. The number of aryl methyl sites for hydroxylation is 1. The lowest BCUT2D eigenvalue weighted by Gasteiger charge is -2.08. The summed E-state index contributed by atoms with van der Waals surface area (Å²) in [5.74, 6) is -1.59. The molecule has 4 nitrogen and oxygen atoms in total. The number of hydrogen-bond acceptors (Lipinski definition) is 3. The molecule has 1 N–H and O–H groups in total. The Kier molecular flexibility index (Phi) is 5.65. The lowest BCUT2D eigenvalue weighted by Crippen LogP contribution is -2.24. The van der Waals surface area contributed by atoms with Gasteiger partial charge in [-0.05, 0) is 42.8 Å². The smallest absolute Gasteiger partial charge is 0.277 e. The Balaban J connectivity index is 1.89. The van der Waals surface area contributed by atoms with E-state index in [9.17, 15) is 13.6 Å². The zero-order chi connectivity index (χ0) is 16.8. The highest BCUT2D eigenvalue weighted by molar-refractivity contribution is 6.30. The molecule has 0 spiro atoms. The summed E-state index contributed by atoms with van der Waals surface area (Å²) in [5, 5.41) is 4.07. The highest BCUT2D eigenvalue weighted by Gasteiger charge is 2.07. The van der Waals surface area contributed by atoms with E-state index in [-0.39, 0.29) is 12.2 Å². The Bertz CT molecular complexity index is 731. The summed E-state index contributed by atoms with van der Waals surface area (Å²) in [6.07, 6.45) is 0.899. The van der Waals surface area contributed by atoms with E-state index < -0.39 is 17.5 Å². The maximum Gasteiger partial charge on any atom is 0.277 e. The zero-order valence-electron chi connectivity index (χ0n) is 12.1. The maximum absolute atomic E-state index is 13.3. The molecular weight excluding hydrogens is 326 g/mol. The molecule has 23 heavy (non-hydrogen) atoms. The molecule has 0 aliphatic heterocycles. The van der Waals surface area contributed by atoms with Crippen molar-refractivity contribution in [2.24, 2.45) is 5.10 Å². The van der Waals surface area contributed by atoms with Crippen molar-refractivity contribution >= 4 is 23.7 Å². The van der Waals surface area contributed by atoms with Crippen LogP contribution in [0.1, 0.15) is 11.1 Å². The number of halogens is 3. The summed E-state index contributed by atoms with van der Waals surface area (Å²) in [6.45, 7) is 1.50. The van der Waals surface area contributed by atoms with E-state index in [0.29, 0.717) is 10.8 Å². The maximum atomic E-state index is 13.3. The second-order valence-electron chi connectivity index (χ2n) is 4.63. The van der Waals surface area contributed by atoms with Gasteiger partial charge in [0.2, 0.25) is 0 Å².